The molecule has 1 aromatic carbocycles. The largest absolute Gasteiger partial charge is 0.352 e. The highest BCUT2D eigenvalue weighted by molar-refractivity contribution is 5.90. The third kappa shape index (κ3) is 2.97. The number of carbonyl (C=O) groups excluding carboxylic acids is 1. The number of nitrogens with zero attached hydrogens (tertiary/aromatic N) is 2. The predicted octanol–water partition coefficient (Wildman–Crippen LogP) is 0.858. The van der Waals surface area contributed by atoms with E-state index in [1.165, 1.54) is 7.05 Å². The highest BCUT2D eigenvalue weighted by atomic mass is 16.5. The zero-order valence-corrected chi connectivity index (χ0v) is 10.9. The second kappa shape index (κ2) is 6.10. The summed E-state index contributed by atoms with van der Waals surface area (Å²) in [4.78, 5) is 15.5. The molecule has 0 aliphatic carbocycles. The van der Waals surface area contributed by atoms with Gasteiger partial charge < -0.3 is 15.2 Å². The molecular formula is C13H16N4O2. The van der Waals surface area contributed by atoms with Crippen molar-refractivity contribution < 1.29 is 9.32 Å². The van der Waals surface area contributed by atoms with Gasteiger partial charge in [-0.15, -0.1) is 0 Å². The number of aromatic nitrogens is 2. The Morgan fingerprint density at radius 2 is 2.11 bits per heavy atom. The second-order valence-corrected chi connectivity index (χ2v) is 4.01. The fraction of sp³-hybridized carbons (Fsp3) is 0.308. The number of hydrogen-bond donors (Lipinski definition) is 2. The van der Waals surface area contributed by atoms with E-state index in [-0.39, 0.29) is 11.7 Å². The number of likely N-dealkylation sites (N-methyl/N-ethyl adjacent to an activating group) is 1. The summed E-state index contributed by atoms with van der Waals surface area (Å²) >= 11 is 0. The molecule has 2 aromatic rings. The SMILES string of the molecule is CNCCc1ccccc1-c1nc(C(=O)NC)no1. The normalized spacial score (nSPS) is 10.4. The molecule has 0 radical (unpaired) electrons. The molecule has 2 N–H and O–H groups in total. The third-order valence-electron chi connectivity index (χ3n) is 2.75. The van der Waals surface area contributed by atoms with E-state index < -0.39 is 0 Å². The summed E-state index contributed by atoms with van der Waals surface area (Å²) in [6, 6.07) is 7.79. The molecule has 0 aliphatic rings. The Balaban J connectivity index is 2.30. The van der Waals surface area contributed by atoms with Crippen LogP contribution < -0.4 is 10.6 Å². The van der Waals surface area contributed by atoms with E-state index in [0.717, 1.165) is 24.1 Å². The van der Waals surface area contributed by atoms with Crippen LogP contribution in [0.2, 0.25) is 0 Å². The number of carbonyl (C=O) groups is 1. The number of rotatable bonds is 5. The molecule has 1 aromatic heterocycles. The molecule has 100 valence electrons. The summed E-state index contributed by atoms with van der Waals surface area (Å²) in [5.41, 5.74) is 1.96. The minimum Gasteiger partial charge on any atom is -0.352 e. The van der Waals surface area contributed by atoms with Crippen LogP contribution in [0.5, 0.6) is 0 Å². The molecule has 0 atom stereocenters. The lowest BCUT2D eigenvalue weighted by Gasteiger charge is -2.04. The Morgan fingerprint density at radius 3 is 2.84 bits per heavy atom. The van der Waals surface area contributed by atoms with Crippen LogP contribution in [0, 0.1) is 0 Å². The standard InChI is InChI=1S/C13H16N4O2/c1-14-8-7-9-5-3-4-6-10(9)13-16-11(17-19-13)12(18)15-2/h3-6,14H,7-8H2,1-2H3,(H,15,18). The summed E-state index contributed by atoms with van der Waals surface area (Å²) in [6.45, 7) is 0.855. The second-order valence-electron chi connectivity index (χ2n) is 4.01. The smallest absolute Gasteiger partial charge is 0.292 e. The number of amides is 1. The van der Waals surface area contributed by atoms with E-state index in [9.17, 15) is 4.79 Å². The first-order valence-corrected chi connectivity index (χ1v) is 6.05. The zero-order valence-electron chi connectivity index (χ0n) is 10.9. The first-order chi connectivity index (χ1) is 9.26. The maximum absolute atomic E-state index is 11.4. The van der Waals surface area contributed by atoms with E-state index in [1.807, 2.05) is 31.3 Å². The molecule has 1 amide bonds. The van der Waals surface area contributed by atoms with Crippen LogP contribution in [0.25, 0.3) is 11.5 Å². The molecule has 1 heterocycles. The van der Waals surface area contributed by atoms with Crippen molar-refractivity contribution in [2.24, 2.45) is 0 Å². The molecule has 6 heteroatoms. The fourth-order valence-electron chi connectivity index (χ4n) is 1.74. The summed E-state index contributed by atoms with van der Waals surface area (Å²) < 4.78 is 5.15. The van der Waals surface area contributed by atoms with Crippen molar-refractivity contribution in [3.05, 3.63) is 35.7 Å². The van der Waals surface area contributed by atoms with E-state index in [4.69, 9.17) is 4.52 Å². The quantitative estimate of drug-likeness (QED) is 0.833. The molecule has 0 saturated carbocycles. The topological polar surface area (TPSA) is 80.0 Å². The van der Waals surface area contributed by atoms with Crippen LogP contribution in [0.1, 0.15) is 16.2 Å². The summed E-state index contributed by atoms with van der Waals surface area (Å²) in [5, 5.41) is 9.23. The number of benzene rings is 1. The average molecular weight is 260 g/mol. The van der Waals surface area contributed by atoms with Crippen LogP contribution in [0.3, 0.4) is 0 Å². The van der Waals surface area contributed by atoms with E-state index >= 15 is 0 Å². The van der Waals surface area contributed by atoms with Crippen molar-refractivity contribution in [1.82, 2.24) is 20.8 Å². The lowest BCUT2D eigenvalue weighted by Crippen LogP contribution is -2.19. The number of hydrogen-bond acceptors (Lipinski definition) is 5. The molecule has 0 bridgehead atoms. The molecule has 0 fully saturated rings. The highest BCUT2D eigenvalue weighted by Gasteiger charge is 2.16. The van der Waals surface area contributed by atoms with Gasteiger partial charge >= 0.3 is 0 Å². The third-order valence-corrected chi connectivity index (χ3v) is 2.75. The Bertz CT molecular complexity index is 565. The predicted molar refractivity (Wildman–Crippen MR) is 70.8 cm³/mol. The molecular weight excluding hydrogens is 244 g/mol. The molecule has 2 rings (SSSR count). The van der Waals surface area contributed by atoms with Gasteiger partial charge in [-0.25, -0.2) is 0 Å². The van der Waals surface area contributed by atoms with Crippen molar-refractivity contribution in [2.75, 3.05) is 20.6 Å². The monoisotopic (exact) mass is 260 g/mol. The van der Waals surface area contributed by atoms with Gasteiger partial charge in [0.2, 0.25) is 0 Å². The summed E-state index contributed by atoms with van der Waals surface area (Å²) in [7, 11) is 3.43. The van der Waals surface area contributed by atoms with Crippen molar-refractivity contribution in [3.8, 4) is 11.5 Å². The molecule has 0 saturated heterocycles. The minimum atomic E-state index is -0.359. The van der Waals surface area contributed by atoms with E-state index in [0.29, 0.717) is 5.89 Å². The first-order valence-electron chi connectivity index (χ1n) is 6.05. The van der Waals surface area contributed by atoms with Crippen molar-refractivity contribution in [2.45, 2.75) is 6.42 Å². The molecule has 0 unspecified atom stereocenters. The van der Waals surface area contributed by atoms with Crippen molar-refractivity contribution in [1.29, 1.82) is 0 Å². The maximum atomic E-state index is 11.4. The van der Waals surface area contributed by atoms with Crippen molar-refractivity contribution >= 4 is 5.91 Å². The maximum Gasteiger partial charge on any atom is 0.292 e. The summed E-state index contributed by atoms with van der Waals surface area (Å²) in [6.07, 6.45) is 0.852. The Labute approximate surface area is 111 Å². The minimum absolute atomic E-state index is 0.0425. The lowest BCUT2D eigenvalue weighted by atomic mass is 10.0. The van der Waals surface area contributed by atoms with Gasteiger partial charge in [0.05, 0.1) is 0 Å². The molecule has 6 nitrogen and oxygen atoms in total. The number of nitrogens with one attached hydrogen (secondary N) is 2. The van der Waals surface area contributed by atoms with Gasteiger partial charge in [0.15, 0.2) is 0 Å². The van der Waals surface area contributed by atoms with Gasteiger partial charge in [-0.1, -0.05) is 23.4 Å². The van der Waals surface area contributed by atoms with Crippen LogP contribution in [-0.2, 0) is 6.42 Å². The molecule has 0 spiro atoms. The van der Waals surface area contributed by atoms with Crippen LogP contribution in [0.4, 0.5) is 0 Å². The van der Waals surface area contributed by atoms with Crippen LogP contribution in [-0.4, -0.2) is 36.7 Å². The van der Waals surface area contributed by atoms with Crippen LogP contribution >= 0.6 is 0 Å². The van der Waals surface area contributed by atoms with Gasteiger partial charge in [0, 0.05) is 12.6 Å². The molecule has 19 heavy (non-hydrogen) atoms. The van der Waals surface area contributed by atoms with Gasteiger partial charge in [0.25, 0.3) is 17.6 Å². The van der Waals surface area contributed by atoms with Gasteiger partial charge in [-0.3, -0.25) is 4.79 Å². The Kier molecular flexibility index (Phi) is 4.25. The van der Waals surface area contributed by atoms with E-state index in [2.05, 4.69) is 20.8 Å². The Hall–Kier alpha value is -2.21. The van der Waals surface area contributed by atoms with Gasteiger partial charge in [0.1, 0.15) is 0 Å². The van der Waals surface area contributed by atoms with E-state index in [1.54, 1.807) is 0 Å². The van der Waals surface area contributed by atoms with Crippen LogP contribution in [0.15, 0.2) is 28.8 Å². The van der Waals surface area contributed by atoms with Crippen molar-refractivity contribution in [3.63, 3.8) is 0 Å². The first kappa shape index (κ1) is 13.2. The van der Waals surface area contributed by atoms with Gasteiger partial charge in [-0.05, 0) is 31.6 Å². The molecule has 0 aliphatic heterocycles. The summed E-state index contributed by atoms with van der Waals surface area (Å²) in [5.74, 6) is 0.0499. The zero-order chi connectivity index (χ0) is 13.7. The highest BCUT2D eigenvalue weighted by Crippen LogP contribution is 2.22. The Morgan fingerprint density at radius 1 is 1.32 bits per heavy atom. The van der Waals surface area contributed by atoms with Gasteiger partial charge in [-0.2, -0.15) is 4.98 Å². The fourth-order valence-corrected chi connectivity index (χ4v) is 1.74. The lowest BCUT2D eigenvalue weighted by molar-refractivity contribution is 0.0950. The average Bonchev–Trinajstić information content (AvgIpc) is 2.94.